The smallest absolute Gasteiger partial charge is 0.320 e. The maximum Gasteiger partial charge on any atom is 0.320 e. The van der Waals surface area contributed by atoms with Gasteiger partial charge in [-0.2, -0.15) is 0 Å². The van der Waals surface area contributed by atoms with Gasteiger partial charge in [-0.3, -0.25) is 9.69 Å². The molecular formula is C14H19NO3. The molecule has 1 N–H and O–H groups in total. The zero-order chi connectivity index (χ0) is 13.5. The SMILES string of the molecule is COc1ccccc1/C=C/CN(C)C(C)C(=O)O. The van der Waals surface area contributed by atoms with E-state index in [9.17, 15) is 4.79 Å². The van der Waals surface area contributed by atoms with Gasteiger partial charge in [0.25, 0.3) is 0 Å². The summed E-state index contributed by atoms with van der Waals surface area (Å²) in [5, 5.41) is 8.87. The van der Waals surface area contributed by atoms with E-state index < -0.39 is 12.0 Å². The summed E-state index contributed by atoms with van der Waals surface area (Å²) in [6, 6.07) is 7.20. The van der Waals surface area contributed by atoms with Gasteiger partial charge in [-0.25, -0.2) is 0 Å². The Bertz CT molecular complexity index is 429. The van der Waals surface area contributed by atoms with Crippen LogP contribution >= 0.6 is 0 Å². The van der Waals surface area contributed by atoms with E-state index in [1.165, 1.54) is 0 Å². The summed E-state index contributed by atoms with van der Waals surface area (Å²) in [5.41, 5.74) is 0.983. The minimum absolute atomic E-state index is 0.493. The molecule has 0 aliphatic heterocycles. The lowest BCUT2D eigenvalue weighted by atomic mass is 10.2. The fourth-order valence-corrected chi connectivity index (χ4v) is 1.50. The molecule has 0 aliphatic carbocycles. The highest BCUT2D eigenvalue weighted by Gasteiger charge is 2.14. The number of nitrogens with zero attached hydrogens (tertiary/aromatic N) is 1. The van der Waals surface area contributed by atoms with Gasteiger partial charge in [0.2, 0.25) is 0 Å². The first-order valence-corrected chi connectivity index (χ1v) is 5.79. The maximum atomic E-state index is 10.8. The lowest BCUT2D eigenvalue weighted by molar-refractivity contribution is -0.141. The van der Waals surface area contributed by atoms with Crippen LogP contribution in [-0.2, 0) is 4.79 Å². The second kappa shape index (κ2) is 6.81. The fraction of sp³-hybridized carbons (Fsp3) is 0.357. The Morgan fingerprint density at radius 3 is 2.78 bits per heavy atom. The predicted molar refractivity (Wildman–Crippen MR) is 71.8 cm³/mol. The Hall–Kier alpha value is -1.81. The highest BCUT2D eigenvalue weighted by molar-refractivity contribution is 5.72. The van der Waals surface area contributed by atoms with Crippen LogP contribution < -0.4 is 4.74 Å². The van der Waals surface area contributed by atoms with Crippen LogP contribution in [0.1, 0.15) is 12.5 Å². The molecule has 4 nitrogen and oxygen atoms in total. The van der Waals surface area contributed by atoms with Crippen LogP contribution in [0.5, 0.6) is 5.75 Å². The van der Waals surface area contributed by atoms with E-state index in [1.807, 2.05) is 36.4 Å². The molecule has 0 aliphatic rings. The monoisotopic (exact) mass is 249 g/mol. The van der Waals surface area contributed by atoms with Crippen LogP contribution in [0.25, 0.3) is 6.08 Å². The van der Waals surface area contributed by atoms with E-state index in [4.69, 9.17) is 9.84 Å². The first-order chi connectivity index (χ1) is 8.56. The number of hydrogen-bond donors (Lipinski definition) is 1. The fourth-order valence-electron chi connectivity index (χ4n) is 1.50. The van der Waals surface area contributed by atoms with E-state index in [2.05, 4.69) is 0 Å². The molecule has 0 fully saturated rings. The van der Waals surface area contributed by atoms with Gasteiger partial charge in [-0.05, 0) is 20.0 Å². The topological polar surface area (TPSA) is 49.8 Å². The molecule has 98 valence electrons. The molecule has 0 amide bonds. The molecule has 0 aromatic heterocycles. The quantitative estimate of drug-likeness (QED) is 0.839. The number of hydrogen-bond acceptors (Lipinski definition) is 3. The number of para-hydroxylation sites is 1. The van der Waals surface area contributed by atoms with Crippen molar-refractivity contribution in [1.82, 2.24) is 4.90 Å². The number of ether oxygens (including phenoxy) is 1. The van der Waals surface area contributed by atoms with Crippen molar-refractivity contribution in [3.8, 4) is 5.75 Å². The van der Waals surface area contributed by atoms with Crippen molar-refractivity contribution in [3.63, 3.8) is 0 Å². The van der Waals surface area contributed by atoms with Crippen LogP contribution in [0.4, 0.5) is 0 Å². The van der Waals surface area contributed by atoms with Gasteiger partial charge in [-0.1, -0.05) is 30.4 Å². The van der Waals surface area contributed by atoms with Crippen molar-refractivity contribution >= 4 is 12.0 Å². The minimum atomic E-state index is -0.816. The molecule has 0 saturated heterocycles. The zero-order valence-electron chi connectivity index (χ0n) is 11.0. The summed E-state index contributed by atoms with van der Waals surface area (Å²) in [4.78, 5) is 12.5. The average molecular weight is 249 g/mol. The summed E-state index contributed by atoms with van der Waals surface area (Å²) in [6.07, 6.45) is 3.86. The Kier molecular flexibility index (Phi) is 5.39. The number of benzene rings is 1. The third kappa shape index (κ3) is 3.89. The largest absolute Gasteiger partial charge is 0.496 e. The summed E-state index contributed by atoms with van der Waals surface area (Å²) < 4.78 is 5.23. The van der Waals surface area contributed by atoms with Crippen LogP contribution in [-0.4, -0.2) is 42.7 Å². The number of likely N-dealkylation sites (N-methyl/N-ethyl adjacent to an activating group) is 1. The Morgan fingerprint density at radius 1 is 1.50 bits per heavy atom. The normalized spacial score (nSPS) is 12.9. The van der Waals surface area contributed by atoms with E-state index in [1.54, 1.807) is 26.0 Å². The van der Waals surface area contributed by atoms with Crippen LogP contribution in [0.15, 0.2) is 30.3 Å². The molecule has 0 radical (unpaired) electrons. The van der Waals surface area contributed by atoms with Crippen molar-refractivity contribution < 1.29 is 14.6 Å². The summed E-state index contributed by atoms with van der Waals surface area (Å²) in [5.74, 6) is -0.00845. The van der Waals surface area contributed by atoms with Gasteiger partial charge in [0.1, 0.15) is 11.8 Å². The van der Waals surface area contributed by atoms with E-state index in [-0.39, 0.29) is 0 Å². The van der Waals surface area contributed by atoms with Gasteiger partial charge >= 0.3 is 5.97 Å². The summed E-state index contributed by atoms with van der Waals surface area (Å²) >= 11 is 0. The first kappa shape index (κ1) is 14.3. The molecule has 18 heavy (non-hydrogen) atoms. The number of carboxylic acid groups (broad SMARTS) is 1. The van der Waals surface area contributed by atoms with Crippen molar-refractivity contribution in [3.05, 3.63) is 35.9 Å². The van der Waals surface area contributed by atoms with Crippen molar-refractivity contribution in [2.45, 2.75) is 13.0 Å². The maximum absolute atomic E-state index is 10.8. The van der Waals surface area contributed by atoms with Gasteiger partial charge in [0.05, 0.1) is 7.11 Å². The Balaban J connectivity index is 2.62. The van der Waals surface area contributed by atoms with Crippen molar-refractivity contribution in [2.75, 3.05) is 20.7 Å². The number of aliphatic carboxylic acids is 1. The number of carboxylic acids is 1. The van der Waals surface area contributed by atoms with Crippen LogP contribution in [0.2, 0.25) is 0 Å². The van der Waals surface area contributed by atoms with Gasteiger partial charge in [-0.15, -0.1) is 0 Å². The van der Waals surface area contributed by atoms with Gasteiger partial charge in [0.15, 0.2) is 0 Å². The summed E-state index contributed by atoms with van der Waals surface area (Å²) in [6.45, 7) is 2.24. The van der Waals surface area contributed by atoms with Gasteiger partial charge < -0.3 is 9.84 Å². The van der Waals surface area contributed by atoms with Crippen molar-refractivity contribution in [2.24, 2.45) is 0 Å². The third-order valence-corrected chi connectivity index (χ3v) is 2.85. The predicted octanol–water partition coefficient (Wildman–Crippen LogP) is 2.11. The van der Waals surface area contributed by atoms with E-state index in [0.717, 1.165) is 11.3 Å². The zero-order valence-corrected chi connectivity index (χ0v) is 11.0. The standard InChI is InChI=1S/C14H19NO3/c1-11(14(16)17)15(2)10-6-8-12-7-4-5-9-13(12)18-3/h4-9,11H,10H2,1-3H3,(H,16,17)/b8-6+. The highest BCUT2D eigenvalue weighted by Crippen LogP contribution is 2.18. The average Bonchev–Trinajstić information content (AvgIpc) is 2.38. The Morgan fingerprint density at radius 2 is 2.17 bits per heavy atom. The van der Waals surface area contributed by atoms with Crippen LogP contribution in [0, 0.1) is 0 Å². The second-order valence-electron chi connectivity index (χ2n) is 4.10. The van der Waals surface area contributed by atoms with E-state index >= 15 is 0 Å². The van der Waals surface area contributed by atoms with Crippen LogP contribution in [0.3, 0.4) is 0 Å². The lowest BCUT2D eigenvalue weighted by Gasteiger charge is -2.18. The second-order valence-corrected chi connectivity index (χ2v) is 4.10. The van der Waals surface area contributed by atoms with Gasteiger partial charge in [0, 0.05) is 12.1 Å². The molecule has 1 atom stereocenters. The first-order valence-electron chi connectivity index (χ1n) is 5.79. The lowest BCUT2D eigenvalue weighted by Crippen LogP contribution is -2.35. The Labute approximate surface area is 107 Å². The highest BCUT2D eigenvalue weighted by atomic mass is 16.5. The number of carbonyl (C=O) groups is 1. The third-order valence-electron chi connectivity index (χ3n) is 2.85. The molecule has 4 heteroatoms. The van der Waals surface area contributed by atoms with E-state index in [0.29, 0.717) is 6.54 Å². The number of rotatable bonds is 6. The summed E-state index contributed by atoms with van der Waals surface area (Å²) in [7, 11) is 3.41. The molecule has 0 spiro atoms. The molecule has 1 aromatic rings. The molecule has 1 unspecified atom stereocenters. The molecular weight excluding hydrogens is 230 g/mol. The molecule has 0 saturated carbocycles. The molecule has 0 heterocycles. The molecule has 1 rings (SSSR count). The van der Waals surface area contributed by atoms with Crippen molar-refractivity contribution in [1.29, 1.82) is 0 Å². The molecule has 0 bridgehead atoms. The minimum Gasteiger partial charge on any atom is -0.496 e. The number of methoxy groups -OCH3 is 1. The molecule has 1 aromatic carbocycles.